The summed E-state index contributed by atoms with van der Waals surface area (Å²) in [6.07, 6.45) is 0.675. The van der Waals surface area contributed by atoms with Gasteiger partial charge in [0, 0.05) is 0 Å². The zero-order valence-electron chi connectivity index (χ0n) is 14.0. The van der Waals surface area contributed by atoms with E-state index in [1.807, 2.05) is 0 Å². The number of ether oxygens (including phenoxy) is 1. The molecule has 0 spiro atoms. The van der Waals surface area contributed by atoms with Crippen LogP contribution in [0.1, 0.15) is 31.2 Å². The number of nitrogens with one attached hydrogen (secondary N) is 1. The number of halogens is 1. The first-order valence-corrected chi connectivity index (χ1v) is 10.2. The minimum Gasteiger partial charge on any atom is -0.616 e. The minimum absolute atomic E-state index is 0.0970. The number of anilines is 1. The minimum atomic E-state index is -0.769. The highest BCUT2D eigenvalue weighted by Gasteiger charge is 2.33. The molecule has 8 heteroatoms. The highest BCUT2D eigenvalue weighted by Crippen LogP contribution is 2.33. The van der Waals surface area contributed by atoms with Gasteiger partial charge in [-0.2, -0.15) is 0 Å². The average Bonchev–Trinajstić information content (AvgIpc) is 2.95. The van der Waals surface area contributed by atoms with Crippen molar-refractivity contribution in [2.45, 2.75) is 31.8 Å². The maximum absolute atomic E-state index is 14.6. The fourth-order valence-corrected chi connectivity index (χ4v) is 4.60. The van der Waals surface area contributed by atoms with Crippen LogP contribution in [-0.4, -0.2) is 46.3 Å². The molecule has 0 bridgehead atoms. The summed E-state index contributed by atoms with van der Waals surface area (Å²) in [6, 6.07) is 4.89. The summed E-state index contributed by atoms with van der Waals surface area (Å²) in [5, 5.41) is 2.98. The first-order chi connectivity index (χ1) is 11.9. The van der Waals surface area contributed by atoms with E-state index in [1.165, 1.54) is 11.0 Å². The molecule has 3 rings (SSSR count). The second-order valence-corrected chi connectivity index (χ2v) is 8.69. The number of hydrogen-bond acceptors (Lipinski definition) is 4. The van der Waals surface area contributed by atoms with Crippen molar-refractivity contribution < 1.29 is 18.5 Å². The SMILES string of the molecule is CC(=S)NC[C@H]1CN(c2ccc(C3CC[S+]([O-])CC3)c(F)c2)C(=O)O1. The van der Waals surface area contributed by atoms with Crippen LogP contribution in [0.25, 0.3) is 0 Å². The van der Waals surface area contributed by atoms with Crippen LogP contribution in [-0.2, 0) is 15.9 Å². The largest absolute Gasteiger partial charge is 0.616 e. The van der Waals surface area contributed by atoms with E-state index in [4.69, 9.17) is 17.0 Å². The molecule has 0 radical (unpaired) electrons. The molecule has 2 aliphatic heterocycles. The number of cyclic esters (lactones) is 1. The third-order valence-corrected chi connectivity index (χ3v) is 6.10. The van der Waals surface area contributed by atoms with Crippen LogP contribution >= 0.6 is 12.2 Å². The summed E-state index contributed by atoms with van der Waals surface area (Å²) >= 11 is 4.18. The molecule has 5 nitrogen and oxygen atoms in total. The van der Waals surface area contributed by atoms with Crippen molar-refractivity contribution in [3.63, 3.8) is 0 Å². The maximum atomic E-state index is 14.6. The Morgan fingerprint density at radius 1 is 1.48 bits per heavy atom. The molecule has 1 atom stereocenters. The monoisotopic (exact) mass is 384 g/mol. The number of thiocarbonyl (C=S) groups is 1. The highest BCUT2D eigenvalue weighted by molar-refractivity contribution is 7.91. The van der Waals surface area contributed by atoms with Crippen molar-refractivity contribution in [3.8, 4) is 0 Å². The van der Waals surface area contributed by atoms with Crippen LogP contribution in [0.2, 0.25) is 0 Å². The van der Waals surface area contributed by atoms with E-state index in [1.54, 1.807) is 19.1 Å². The molecule has 2 saturated heterocycles. The van der Waals surface area contributed by atoms with Gasteiger partial charge >= 0.3 is 6.09 Å². The van der Waals surface area contributed by atoms with Gasteiger partial charge in [0.25, 0.3) is 0 Å². The molecule has 0 aliphatic carbocycles. The van der Waals surface area contributed by atoms with Gasteiger partial charge in [-0.3, -0.25) is 4.90 Å². The van der Waals surface area contributed by atoms with Crippen molar-refractivity contribution in [1.82, 2.24) is 5.32 Å². The first-order valence-electron chi connectivity index (χ1n) is 8.31. The van der Waals surface area contributed by atoms with Crippen LogP contribution in [0.15, 0.2) is 18.2 Å². The van der Waals surface area contributed by atoms with Crippen LogP contribution in [0.5, 0.6) is 0 Å². The van der Waals surface area contributed by atoms with Crippen molar-refractivity contribution in [3.05, 3.63) is 29.6 Å². The van der Waals surface area contributed by atoms with Crippen molar-refractivity contribution in [1.29, 1.82) is 0 Å². The summed E-state index contributed by atoms with van der Waals surface area (Å²) in [6.45, 7) is 2.56. The van der Waals surface area contributed by atoms with Crippen molar-refractivity contribution >= 4 is 40.2 Å². The first kappa shape index (κ1) is 18.4. The van der Waals surface area contributed by atoms with E-state index in [9.17, 15) is 13.7 Å². The number of carbonyl (C=O) groups is 1. The van der Waals surface area contributed by atoms with E-state index in [0.717, 1.165) is 12.8 Å². The number of benzene rings is 1. The van der Waals surface area contributed by atoms with Gasteiger partial charge in [0.2, 0.25) is 0 Å². The normalized spacial score (nSPS) is 26.4. The molecular weight excluding hydrogens is 363 g/mol. The van der Waals surface area contributed by atoms with Gasteiger partial charge < -0.3 is 14.6 Å². The Balaban J connectivity index is 1.68. The lowest BCUT2D eigenvalue weighted by molar-refractivity contribution is 0.143. The predicted octanol–water partition coefficient (Wildman–Crippen LogP) is 2.71. The Morgan fingerprint density at radius 2 is 2.20 bits per heavy atom. The van der Waals surface area contributed by atoms with Gasteiger partial charge in [0.15, 0.2) is 0 Å². The number of hydrogen-bond donors (Lipinski definition) is 1. The molecule has 1 amide bonds. The van der Waals surface area contributed by atoms with Crippen LogP contribution in [0, 0.1) is 5.82 Å². The Kier molecular flexibility index (Phi) is 5.81. The predicted molar refractivity (Wildman–Crippen MR) is 100 cm³/mol. The molecule has 1 N–H and O–H groups in total. The van der Waals surface area contributed by atoms with Gasteiger partial charge in [0.05, 0.1) is 23.8 Å². The van der Waals surface area contributed by atoms with E-state index in [2.05, 4.69) is 5.32 Å². The smallest absolute Gasteiger partial charge is 0.414 e. The highest BCUT2D eigenvalue weighted by atomic mass is 32.2. The molecule has 136 valence electrons. The van der Waals surface area contributed by atoms with Crippen LogP contribution in [0.3, 0.4) is 0 Å². The lowest BCUT2D eigenvalue weighted by atomic mass is 9.93. The summed E-state index contributed by atoms with van der Waals surface area (Å²) in [5.41, 5.74) is 1.13. The third-order valence-electron chi connectivity index (χ3n) is 4.58. The standard InChI is InChI=1S/C17H21FN2O3S2/c1-11(24)19-9-14-10-20(17(21)23-14)13-2-3-15(16(18)8-13)12-4-6-25(22)7-5-12/h2-3,8,12,14H,4-7,9-10H2,1H3,(H,19,24)/t12?,14-,25?/m0/s1. The molecule has 1 aromatic carbocycles. The van der Waals surface area contributed by atoms with Crippen molar-refractivity contribution in [2.24, 2.45) is 0 Å². The van der Waals surface area contributed by atoms with Crippen LogP contribution in [0.4, 0.5) is 14.9 Å². The van der Waals surface area contributed by atoms with E-state index in [0.29, 0.717) is 40.8 Å². The quantitative estimate of drug-likeness (QED) is 0.639. The molecule has 25 heavy (non-hydrogen) atoms. The summed E-state index contributed by atoms with van der Waals surface area (Å²) in [4.78, 5) is 14.1. The lowest BCUT2D eigenvalue weighted by Crippen LogP contribution is -2.32. The van der Waals surface area contributed by atoms with E-state index in [-0.39, 0.29) is 17.8 Å². The zero-order valence-corrected chi connectivity index (χ0v) is 15.6. The Bertz CT molecular complexity index is 665. The molecule has 0 aromatic heterocycles. The molecule has 1 aromatic rings. The van der Waals surface area contributed by atoms with Gasteiger partial charge in [0.1, 0.15) is 23.4 Å². The van der Waals surface area contributed by atoms with Gasteiger partial charge in [-0.15, -0.1) is 0 Å². The maximum Gasteiger partial charge on any atom is 0.414 e. The van der Waals surface area contributed by atoms with Crippen molar-refractivity contribution in [2.75, 3.05) is 29.5 Å². The van der Waals surface area contributed by atoms with Gasteiger partial charge in [-0.25, -0.2) is 9.18 Å². The molecular formula is C17H21FN2O3S2. The number of carbonyl (C=O) groups excluding carboxylic acids is 1. The molecule has 2 aliphatic rings. The Morgan fingerprint density at radius 3 is 2.84 bits per heavy atom. The number of nitrogens with zero attached hydrogens (tertiary/aromatic N) is 1. The average molecular weight is 384 g/mol. The Hall–Kier alpha value is -1.38. The van der Waals surface area contributed by atoms with Crippen LogP contribution < -0.4 is 10.2 Å². The molecule has 0 unspecified atom stereocenters. The topological polar surface area (TPSA) is 64.6 Å². The zero-order chi connectivity index (χ0) is 18.0. The Labute approximate surface area is 155 Å². The fraction of sp³-hybridized carbons (Fsp3) is 0.529. The summed E-state index contributed by atoms with van der Waals surface area (Å²) in [7, 11) is 0. The lowest BCUT2D eigenvalue weighted by Gasteiger charge is -2.25. The van der Waals surface area contributed by atoms with E-state index >= 15 is 0 Å². The number of rotatable bonds is 4. The number of amides is 1. The molecule has 2 heterocycles. The summed E-state index contributed by atoms with van der Waals surface area (Å²) in [5.74, 6) is 1.02. The molecule has 2 fully saturated rings. The second-order valence-electron chi connectivity index (χ2n) is 6.38. The van der Waals surface area contributed by atoms with Gasteiger partial charge in [-0.1, -0.05) is 29.5 Å². The third kappa shape index (κ3) is 4.43. The molecule has 0 saturated carbocycles. The summed E-state index contributed by atoms with van der Waals surface area (Å²) < 4.78 is 31.3. The van der Waals surface area contributed by atoms with Gasteiger partial charge in [-0.05, 0) is 43.4 Å². The van der Waals surface area contributed by atoms with E-state index < -0.39 is 17.3 Å². The fourth-order valence-electron chi connectivity index (χ4n) is 3.22. The second kappa shape index (κ2) is 7.88.